The van der Waals surface area contributed by atoms with E-state index in [-0.39, 0.29) is 5.13 Å². The average molecular weight is 399 g/mol. The number of aryl methyl sites for hydroxylation is 2. The summed E-state index contributed by atoms with van der Waals surface area (Å²) in [4.78, 5) is 15.9. The number of nitrogens with one attached hydrogen (secondary N) is 2. The quantitative estimate of drug-likeness (QED) is 0.688. The van der Waals surface area contributed by atoms with Gasteiger partial charge in [0.2, 0.25) is 5.54 Å². The van der Waals surface area contributed by atoms with Crippen LogP contribution >= 0.6 is 11.3 Å². The van der Waals surface area contributed by atoms with Gasteiger partial charge in [0.15, 0.2) is 5.13 Å². The summed E-state index contributed by atoms with van der Waals surface area (Å²) >= 11 is 0.957. The maximum absolute atomic E-state index is 13.1. The maximum Gasteiger partial charge on any atom is 0.420 e. The molecule has 0 fully saturated rings. The van der Waals surface area contributed by atoms with Crippen molar-refractivity contribution in [1.82, 2.24) is 10.3 Å². The Kier molecular flexibility index (Phi) is 5.15. The van der Waals surface area contributed by atoms with Crippen molar-refractivity contribution in [2.24, 2.45) is 0 Å². The van der Waals surface area contributed by atoms with Gasteiger partial charge in [0.25, 0.3) is 0 Å². The van der Waals surface area contributed by atoms with E-state index in [4.69, 9.17) is 0 Å². The van der Waals surface area contributed by atoms with Gasteiger partial charge in [-0.3, -0.25) is 5.32 Å². The first-order chi connectivity index (χ1) is 11.8. The number of aromatic nitrogens is 1. The van der Waals surface area contributed by atoms with Crippen LogP contribution in [0, 0.1) is 13.8 Å². The summed E-state index contributed by atoms with van der Waals surface area (Å²) < 4.78 is 79.0. The number of amides is 2. The van der Waals surface area contributed by atoms with Gasteiger partial charge < -0.3 is 5.32 Å². The predicted molar refractivity (Wildman–Crippen MR) is 86.4 cm³/mol. The van der Waals surface area contributed by atoms with Crippen LogP contribution in [0.4, 0.5) is 36.3 Å². The minimum atomic E-state index is -5.71. The third kappa shape index (κ3) is 3.57. The van der Waals surface area contributed by atoms with Crippen LogP contribution in [0.15, 0.2) is 12.1 Å². The first kappa shape index (κ1) is 20.3. The number of carbonyl (C=O) groups is 1. The monoisotopic (exact) mass is 399 g/mol. The number of urea groups is 1. The second-order valence-corrected chi connectivity index (χ2v) is 6.81. The lowest BCUT2D eigenvalue weighted by molar-refractivity contribution is -0.304. The molecule has 0 aliphatic carbocycles. The number of fused-ring (bicyclic) bond motifs is 1. The Labute approximate surface area is 148 Å². The van der Waals surface area contributed by atoms with Crippen LogP contribution in [0.2, 0.25) is 0 Å². The van der Waals surface area contributed by atoms with E-state index in [0.717, 1.165) is 27.8 Å². The van der Waals surface area contributed by atoms with Crippen molar-refractivity contribution in [3.05, 3.63) is 23.3 Å². The Morgan fingerprint density at radius 1 is 1.12 bits per heavy atom. The summed E-state index contributed by atoms with van der Waals surface area (Å²) in [6, 6.07) is 1.95. The van der Waals surface area contributed by atoms with Crippen LogP contribution < -0.4 is 10.6 Å². The van der Waals surface area contributed by atoms with Gasteiger partial charge in [-0.1, -0.05) is 24.3 Å². The lowest BCUT2D eigenvalue weighted by atomic mass is 9.94. The Morgan fingerprint density at radius 2 is 1.69 bits per heavy atom. The molecule has 1 aromatic heterocycles. The first-order valence-corrected chi connectivity index (χ1v) is 8.23. The lowest BCUT2D eigenvalue weighted by Crippen LogP contribution is -2.67. The molecule has 1 heterocycles. The van der Waals surface area contributed by atoms with Crippen LogP contribution in [-0.4, -0.2) is 28.9 Å². The molecule has 0 radical (unpaired) electrons. The van der Waals surface area contributed by atoms with Crippen LogP contribution in [0.25, 0.3) is 10.2 Å². The maximum atomic E-state index is 13.1. The molecule has 2 amide bonds. The number of nitrogens with zero attached hydrogens (tertiary/aromatic N) is 1. The fourth-order valence-corrected chi connectivity index (χ4v) is 3.58. The number of thiazole rings is 1. The molecule has 0 atom stereocenters. The fourth-order valence-electron chi connectivity index (χ4n) is 2.54. The molecule has 4 nitrogen and oxygen atoms in total. The molecule has 1 aromatic carbocycles. The van der Waals surface area contributed by atoms with E-state index in [1.807, 2.05) is 18.3 Å². The molecule has 2 N–H and O–H groups in total. The topological polar surface area (TPSA) is 54.0 Å². The van der Waals surface area contributed by atoms with Crippen molar-refractivity contribution in [3.8, 4) is 0 Å². The number of anilines is 1. The molecule has 11 heteroatoms. The molecule has 0 aliphatic heterocycles. The highest BCUT2D eigenvalue weighted by Gasteiger charge is 2.70. The highest BCUT2D eigenvalue weighted by molar-refractivity contribution is 7.22. The van der Waals surface area contributed by atoms with Crippen LogP contribution in [0.1, 0.15) is 24.5 Å². The largest absolute Gasteiger partial charge is 0.420 e. The van der Waals surface area contributed by atoms with E-state index in [0.29, 0.717) is 17.1 Å². The molecule has 0 spiro atoms. The van der Waals surface area contributed by atoms with Crippen molar-refractivity contribution in [1.29, 1.82) is 0 Å². The summed E-state index contributed by atoms with van der Waals surface area (Å²) in [6.07, 6.45) is -12.8. The molecule has 2 rings (SSSR count). The number of hydrogen-bond donors (Lipinski definition) is 2. The predicted octanol–water partition coefficient (Wildman–Crippen LogP) is 5.31. The molecule has 2 aromatic rings. The van der Waals surface area contributed by atoms with Crippen molar-refractivity contribution >= 4 is 32.7 Å². The van der Waals surface area contributed by atoms with Gasteiger partial charge in [-0.05, 0) is 37.5 Å². The lowest BCUT2D eigenvalue weighted by Gasteiger charge is -2.36. The smallest absolute Gasteiger partial charge is 0.316 e. The van der Waals surface area contributed by atoms with E-state index in [1.54, 1.807) is 13.0 Å². The Hall–Kier alpha value is -2.04. The second-order valence-electron chi connectivity index (χ2n) is 5.78. The third-order valence-electron chi connectivity index (χ3n) is 3.88. The standard InChI is InChI=1S/C15H15F6N3OS/c1-4-13(14(16,17)18,15(19,20)21)24-11(25)23-12-22-10-8(3)5-7(2)6-9(10)26-12/h5-6H,4H2,1-3H3,(H2,22,23,24,25). The van der Waals surface area contributed by atoms with Crippen molar-refractivity contribution in [2.45, 2.75) is 45.1 Å². The van der Waals surface area contributed by atoms with Crippen LogP contribution in [-0.2, 0) is 0 Å². The van der Waals surface area contributed by atoms with E-state index < -0.39 is 30.3 Å². The van der Waals surface area contributed by atoms with Gasteiger partial charge in [0.1, 0.15) is 0 Å². The SMILES string of the molecule is CCC(NC(=O)Nc1nc2c(C)cc(C)cc2s1)(C(F)(F)F)C(F)(F)F. The van der Waals surface area contributed by atoms with Gasteiger partial charge >= 0.3 is 18.4 Å². The van der Waals surface area contributed by atoms with Gasteiger partial charge in [-0.2, -0.15) is 26.3 Å². The number of hydrogen-bond acceptors (Lipinski definition) is 3. The number of rotatable bonds is 3. The number of alkyl halides is 6. The summed E-state index contributed by atoms with van der Waals surface area (Å²) in [5.41, 5.74) is -2.14. The molecule has 0 saturated heterocycles. The van der Waals surface area contributed by atoms with Crippen molar-refractivity contribution in [2.75, 3.05) is 5.32 Å². The molecule has 144 valence electrons. The van der Waals surface area contributed by atoms with E-state index in [2.05, 4.69) is 4.98 Å². The summed E-state index contributed by atoms with van der Waals surface area (Å²) in [5, 5.41) is 2.92. The van der Waals surface area contributed by atoms with Gasteiger partial charge in [-0.25, -0.2) is 9.78 Å². The zero-order valence-electron chi connectivity index (χ0n) is 13.9. The van der Waals surface area contributed by atoms with Crippen molar-refractivity contribution in [3.63, 3.8) is 0 Å². The summed E-state index contributed by atoms with van der Waals surface area (Å²) in [6.45, 7) is 4.29. The average Bonchev–Trinajstić information content (AvgIpc) is 2.84. The van der Waals surface area contributed by atoms with Gasteiger partial charge in [-0.15, -0.1) is 0 Å². The highest BCUT2D eigenvalue weighted by Crippen LogP contribution is 2.45. The van der Waals surface area contributed by atoms with Gasteiger partial charge in [0, 0.05) is 0 Å². The van der Waals surface area contributed by atoms with E-state index in [1.165, 1.54) is 0 Å². The normalized spacial score (nSPS) is 13.1. The van der Waals surface area contributed by atoms with Crippen LogP contribution in [0.5, 0.6) is 0 Å². The summed E-state index contributed by atoms with van der Waals surface area (Å²) in [5.74, 6) is 0. The Balaban J connectivity index is 2.30. The zero-order chi connectivity index (χ0) is 19.9. The van der Waals surface area contributed by atoms with E-state index in [9.17, 15) is 31.1 Å². The number of carbonyl (C=O) groups excluding carboxylic acids is 1. The molecule has 26 heavy (non-hydrogen) atoms. The van der Waals surface area contributed by atoms with Crippen molar-refractivity contribution < 1.29 is 31.1 Å². The minimum absolute atomic E-state index is 0.0967. The van der Waals surface area contributed by atoms with Crippen LogP contribution in [0.3, 0.4) is 0 Å². The van der Waals surface area contributed by atoms with E-state index >= 15 is 0 Å². The Morgan fingerprint density at radius 3 is 2.19 bits per heavy atom. The minimum Gasteiger partial charge on any atom is -0.316 e. The highest BCUT2D eigenvalue weighted by atomic mass is 32.1. The fraction of sp³-hybridized carbons (Fsp3) is 0.467. The number of halogens is 6. The molecule has 0 bridgehead atoms. The summed E-state index contributed by atoms with van der Waals surface area (Å²) in [7, 11) is 0. The third-order valence-corrected chi connectivity index (χ3v) is 4.79. The molecular formula is C15H15F6N3OS. The first-order valence-electron chi connectivity index (χ1n) is 7.41. The second kappa shape index (κ2) is 6.60. The zero-order valence-corrected chi connectivity index (χ0v) is 14.7. The van der Waals surface area contributed by atoms with Gasteiger partial charge in [0.05, 0.1) is 10.2 Å². The molecular weight excluding hydrogens is 384 g/mol. The molecule has 0 unspecified atom stereocenters. The Bertz CT molecular complexity index is 813. The molecule has 0 aliphatic rings. The number of benzene rings is 1. The molecule has 0 saturated carbocycles.